The fraction of sp³-hybridized carbons (Fsp3) is 0.650. The largest absolute Gasteiger partial charge is 0.493 e. The van der Waals surface area contributed by atoms with Crippen LogP contribution in [0, 0.1) is 5.62 Å². The summed E-state index contributed by atoms with van der Waals surface area (Å²) in [6.45, 7) is 0. The molecular formula is C20H30ClOPPd. The van der Waals surface area contributed by atoms with E-state index in [1.54, 1.807) is 0 Å². The Labute approximate surface area is 167 Å². The van der Waals surface area contributed by atoms with Gasteiger partial charge in [0.15, 0.2) is 5.75 Å². The van der Waals surface area contributed by atoms with Crippen molar-refractivity contribution in [3.05, 3.63) is 29.9 Å². The van der Waals surface area contributed by atoms with Crippen LogP contribution in [0.4, 0.5) is 0 Å². The number of halogens is 1. The van der Waals surface area contributed by atoms with Gasteiger partial charge in [0.25, 0.3) is 0 Å². The van der Waals surface area contributed by atoms with Crippen molar-refractivity contribution in [3.63, 3.8) is 0 Å². The average molecular weight is 459 g/mol. The Hall–Kier alpha value is 0.402. The van der Waals surface area contributed by atoms with Crippen LogP contribution in [-0.2, 0) is 20.4 Å². The molecule has 0 aliphatic heterocycles. The van der Waals surface area contributed by atoms with E-state index >= 15 is 0 Å². The van der Waals surface area contributed by atoms with Gasteiger partial charge in [-0.25, -0.2) is 0 Å². The minimum Gasteiger partial charge on any atom is -0.493 e. The molecule has 138 valence electrons. The minimum absolute atomic E-state index is 0. The van der Waals surface area contributed by atoms with Crippen LogP contribution in [0.25, 0.3) is 0 Å². The fourth-order valence-electron chi connectivity index (χ4n) is 4.87. The van der Waals surface area contributed by atoms with Gasteiger partial charge in [-0.2, -0.15) is 0 Å². The molecule has 0 saturated heterocycles. The van der Waals surface area contributed by atoms with Crippen LogP contribution < -0.4 is 10.0 Å². The van der Waals surface area contributed by atoms with Crippen molar-refractivity contribution in [2.45, 2.75) is 75.5 Å². The molecule has 2 saturated carbocycles. The maximum atomic E-state index is 6.72. The molecule has 0 heterocycles. The van der Waals surface area contributed by atoms with E-state index in [0.717, 1.165) is 17.1 Å². The fourth-order valence-corrected chi connectivity index (χ4v) is 11.3. The molecule has 0 radical (unpaired) electrons. The Balaban J connectivity index is 0.00000208. The van der Waals surface area contributed by atoms with Crippen LogP contribution in [0.3, 0.4) is 0 Å². The maximum absolute atomic E-state index is 6.72. The van der Waals surface area contributed by atoms with Gasteiger partial charge in [-0.3, -0.25) is 0 Å². The van der Waals surface area contributed by atoms with Gasteiger partial charge in [-0.1, -0.05) is 37.9 Å². The predicted octanol–water partition coefficient (Wildman–Crippen LogP) is 6.36. The molecule has 2 fully saturated rings. The Morgan fingerprint density at radius 3 is 1.88 bits per heavy atom. The predicted molar refractivity (Wildman–Crippen MR) is 103 cm³/mol. The Morgan fingerprint density at radius 1 is 0.917 bits per heavy atom. The van der Waals surface area contributed by atoms with Crippen LogP contribution in [0.2, 0.25) is 0 Å². The van der Waals surface area contributed by atoms with E-state index in [2.05, 4.69) is 29.9 Å². The number of hydrogen-bond donors (Lipinski definition) is 0. The quantitative estimate of drug-likeness (QED) is 0.283. The van der Waals surface area contributed by atoms with Gasteiger partial charge in [0.05, 0.1) is 7.11 Å². The molecular weight excluding hydrogens is 429 g/mol. The van der Waals surface area contributed by atoms with Crippen molar-refractivity contribution >= 4 is 24.2 Å². The van der Waals surface area contributed by atoms with Crippen molar-refractivity contribution in [3.8, 4) is 5.75 Å². The number of methoxy groups -OCH3 is 1. The SMILES string of the molecule is COc1ccccc1[P+]([CH-]Cl)(C1CCCCC1)C1CCCCC1.[Pd]. The first-order valence-electron chi connectivity index (χ1n) is 9.29. The first-order chi connectivity index (χ1) is 11.3. The summed E-state index contributed by atoms with van der Waals surface area (Å²) in [5, 5.41) is 1.44. The molecule has 4 heteroatoms. The van der Waals surface area contributed by atoms with Gasteiger partial charge in [-0.15, -0.1) is 0 Å². The van der Waals surface area contributed by atoms with E-state index < -0.39 is 7.26 Å². The molecule has 1 aromatic carbocycles. The molecule has 0 bridgehead atoms. The van der Waals surface area contributed by atoms with Crippen molar-refractivity contribution in [1.29, 1.82) is 0 Å². The van der Waals surface area contributed by atoms with E-state index in [1.807, 2.05) is 7.11 Å². The van der Waals surface area contributed by atoms with Gasteiger partial charge in [-0.05, 0) is 63.5 Å². The van der Waals surface area contributed by atoms with Gasteiger partial charge in [0, 0.05) is 31.7 Å². The molecule has 0 amide bonds. The number of para-hydroxylation sites is 1. The van der Waals surface area contributed by atoms with E-state index in [0.29, 0.717) is 0 Å². The van der Waals surface area contributed by atoms with Gasteiger partial charge in [0.2, 0.25) is 0 Å². The summed E-state index contributed by atoms with van der Waals surface area (Å²) >= 11 is 6.72. The summed E-state index contributed by atoms with van der Waals surface area (Å²) in [7, 11) is 0.290. The first-order valence-corrected chi connectivity index (χ1v) is 11.7. The zero-order chi connectivity index (χ0) is 16.1. The van der Waals surface area contributed by atoms with Gasteiger partial charge in [0.1, 0.15) is 5.30 Å². The van der Waals surface area contributed by atoms with Crippen LogP contribution >= 0.6 is 18.9 Å². The molecule has 0 atom stereocenters. The molecule has 1 aromatic rings. The second-order valence-corrected chi connectivity index (χ2v) is 11.6. The second-order valence-electron chi connectivity index (χ2n) is 7.19. The van der Waals surface area contributed by atoms with Gasteiger partial charge < -0.3 is 16.3 Å². The molecule has 2 aliphatic rings. The first kappa shape index (κ1) is 20.7. The number of ether oxygens (including phenoxy) is 1. The van der Waals surface area contributed by atoms with Crippen molar-refractivity contribution in [2.24, 2.45) is 0 Å². The van der Waals surface area contributed by atoms with Crippen molar-refractivity contribution in [1.82, 2.24) is 0 Å². The van der Waals surface area contributed by atoms with E-state index in [4.69, 9.17) is 16.3 Å². The minimum atomic E-state index is -1.52. The third-order valence-electron chi connectivity index (χ3n) is 6.02. The Morgan fingerprint density at radius 2 is 1.42 bits per heavy atom. The average Bonchev–Trinajstić information content (AvgIpc) is 2.65. The molecule has 1 nitrogen and oxygen atoms in total. The van der Waals surface area contributed by atoms with Crippen LogP contribution in [0.1, 0.15) is 64.2 Å². The van der Waals surface area contributed by atoms with E-state index in [9.17, 15) is 0 Å². The number of rotatable bonds is 5. The summed E-state index contributed by atoms with van der Waals surface area (Å²) in [4.78, 5) is 0. The Bertz CT molecular complexity index is 480. The molecule has 3 rings (SSSR count). The molecule has 2 aliphatic carbocycles. The van der Waals surface area contributed by atoms with Crippen molar-refractivity contribution < 1.29 is 25.2 Å². The second kappa shape index (κ2) is 9.92. The third kappa shape index (κ3) is 4.04. The molecule has 0 spiro atoms. The zero-order valence-electron chi connectivity index (χ0n) is 14.7. The maximum Gasteiger partial charge on any atom is 0.158 e. The van der Waals surface area contributed by atoms with Gasteiger partial charge >= 0.3 is 0 Å². The zero-order valence-corrected chi connectivity index (χ0v) is 17.9. The van der Waals surface area contributed by atoms with E-state index in [1.165, 1.54) is 69.5 Å². The van der Waals surface area contributed by atoms with Crippen molar-refractivity contribution in [2.75, 3.05) is 7.11 Å². The summed E-state index contributed by atoms with van der Waals surface area (Å²) in [5.41, 5.74) is 3.69. The number of hydrogen-bond acceptors (Lipinski definition) is 1. The topological polar surface area (TPSA) is 9.23 Å². The summed E-state index contributed by atoms with van der Waals surface area (Å²) in [6, 6.07) is 8.72. The molecule has 0 N–H and O–H groups in total. The normalized spacial score (nSPS) is 20.4. The summed E-state index contributed by atoms with van der Waals surface area (Å²) < 4.78 is 5.78. The monoisotopic (exact) mass is 458 g/mol. The smallest absolute Gasteiger partial charge is 0.158 e. The van der Waals surface area contributed by atoms with Crippen LogP contribution in [0.5, 0.6) is 5.75 Å². The number of benzene rings is 1. The van der Waals surface area contributed by atoms with Crippen LogP contribution in [-0.4, -0.2) is 18.4 Å². The standard InChI is InChI=1S/C20H30ClOP.Pd/c1-22-19-14-8-9-15-20(19)23(16-21,17-10-4-2-5-11-17)18-12-6-3-7-13-18;/h8-9,14-18H,2-7,10-13H2,1H3;. The van der Waals surface area contributed by atoms with Crippen LogP contribution in [0.15, 0.2) is 24.3 Å². The Kier molecular flexibility index (Phi) is 8.56. The molecule has 0 unspecified atom stereocenters. The summed E-state index contributed by atoms with van der Waals surface area (Å²) in [5.74, 6) is 1.06. The molecule has 24 heavy (non-hydrogen) atoms. The molecule has 0 aromatic heterocycles. The third-order valence-corrected chi connectivity index (χ3v) is 12.0. The van der Waals surface area contributed by atoms with E-state index in [-0.39, 0.29) is 20.4 Å². The summed E-state index contributed by atoms with van der Waals surface area (Å²) in [6.07, 6.45) is 13.7.